The highest BCUT2D eigenvalue weighted by Crippen LogP contribution is 2.26. The zero-order valence-corrected chi connectivity index (χ0v) is 16.5. The van der Waals surface area contributed by atoms with E-state index in [-0.39, 0.29) is 28.3 Å². The van der Waals surface area contributed by atoms with Crippen molar-refractivity contribution in [3.8, 4) is 5.75 Å². The number of carboxylic acids is 1. The number of rotatable bonds is 9. The number of carboxylic acid groups (broad SMARTS) is 1. The first-order chi connectivity index (χ1) is 12.0. The van der Waals surface area contributed by atoms with E-state index in [0.717, 1.165) is 0 Å². The van der Waals surface area contributed by atoms with E-state index >= 15 is 0 Å². The minimum absolute atomic E-state index is 0.0801. The third-order valence-corrected chi connectivity index (χ3v) is 5.46. The molecule has 1 unspecified atom stereocenters. The highest BCUT2D eigenvalue weighted by molar-refractivity contribution is 7.89. The second-order valence-corrected chi connectivity index (χ2v) is 7.91. The van der Waals surface area contributed by atoms with Gasteiger partial charge >= 0.3 is 5.97 Å². The fraction of sp³-hybridized carbons (Fsp3) is 0.529. The third-order valence-electron chi connectivity index (χ3n) is 3.78. The molecule has 0 saturated carbocycles. The second kappa shape index (κ2) is 9.00. The normalized spacial score (nSPS) is 12.7. The quantitative estimate of drug-likeness (QED) is 0.668. The molecule has 1 aromatic rings. The van der Waals surface area contributed by atoms with Gasteiger partial charge in [-0.15, -0.1) is 0 Å². The van der Waals surface area contributed by atoms with Crippen LogP contribution in [0.25, 0.3) is 0 Å². The van der Waals surface area contributed by atoms with E-state index in [2.05, 4.69) is 4.72 Å². The molecular formula is C17H26N2O6S. The van der Waals surface area contributed by atoms with Gasteiger partial charge in [0.15, 0.2) is 0 Å². The Kier molecular flexibility index (Phi) is 7.58. The number of amides is 1. The molecule has 0 spiro atoms. The van der Waals surface area contributed by atoms with Crippen LogP contribution in [0.4, 0.5) is 0 Å². The maximum absolute atomic E-state index is 12.8. The minimum atomic E-state index is -3.89. The minimum Gasteiger partial charge on any atom is -0.495 e. The predicted molar refractivity (Wildman–Crippen MR) is 96.9 cm³/mol. The van der Waals surface area contributed by atoms with E-state index in [1.807, 2.05) is 6.92 Å². The SMILES string of the molecule is CCC(C)N(CC(=O)O)C(=O)c1ccc(OC)c(S(=O)(=O)NC(C)C)c1. The van der Waals surface area contributed by atoms with Crippen molar-refractivity contribution in [2.45, 2.75) is 51.1 Å². The van der Waals surface area contributed by atoms with Crippen molar-refractivity contribution in [1.82, 2.24) is 9.62 Å². The van der Waals surface area contributed by atoms with Crippen molar-refractivity contribution in [3.63, 3.8) is 0 Å². The Balaban J connectivity index is 3.38. The number of sulfonamides is 1. The number of hydrogen-bond donors (Lipinski definition) is 2. The predicted octanol–water partition coefficient (Wildman–Crippen LogP) is 1.71. The molecule has 0 saturated heterocycles. The van der Waals surface area contributed by atoms with Gasteiger partial charge in [0.2, 0.25) is 10.0 Å². The Morgan fingerprint density at radius 2 is 1.88 bits per heavy atom. The molecule has 9 heteroatoms. The summed E-state index contributed by atoms with van der Waals surface area (Å²) in [6.07, 6.45) is 0.565. The zero-order valence-electron chi connectivity index (χ0n) is 15.6. The van der Waals surface area contributed by atoms with Crippen LogP contribution in [0.15, 0.2) is 23.1 Å². The summed E-state index contributed by atoms with van der Waals surface area (Å²) in [4.78, 5) is 24.9. The molecule has 0 heterocycles. The van der Waals surface area contributed by atoms with Gasteiger partial charge in [-0.1, -0.05) is 6.92 Å². The number of hydrogen-bond acceptors (Lipinski definition) is 5. The van der Waals surface area contributed by atoms with E-state index in [1.165, 1.54) is 30.2 Å². The maximum Gasteiger partial charge on any atom is 0.323 e. The summed E-state index contributed by atoms with van der Waals surface area (Å²) in [5, 5.41) is 9.07. The largest absolute Gasteiger partial charge is 0.495 e. The molecule has 1 rings (SSSR count). The van der Waals surface area contributed by atoms with Gasteiger partial charge in [0, 0.05) is 17.6 Å². The molecule has 26 heavy (non-hydrogen) atoms. The van der Waals surface area contributed by atoms with Crippen LogP contribution in [0.1, 0.15) is 44.5 Å². The number of carbonyl (C=O) groups excluding carboxylic acids is 1. The Morgan fingerprint density at radius 3 is 2.35 bits per heavy atom. The van der Waals surface area contributed by atoms with Crippen molar-refractivity contribution in [1.29, 1.82) is 0 Å². The van der Waals surface area contributed by atoms with E-state index in [9.17, 15) is 18.0 Å². The summed E-state index contributed by atoms with van der Waals surface area (Å²) in [5.41, 5.74) is 0.0801. The van der Waals surface area contributed by atoms with Gasteiger partial charge in [-0.05, 0) is 45.4 Å². The fourth-order valence-corrected chi connectivity index (χ4v) is 3.80. The molecule has 0 aliphatic rings. The number of benzene rings is 1. The average Bonchev–Trinajstić information content (AvgIpc) is 2.56. The molecule has 1 amide bonds. The van der Waals surface area contributed by atoms with Crippen LogP contribution in [0, 0.1) is 0 Å². The average molecular weight is 386 g/mol. The van der Waals surface area contributed by atoms with E-state index in [4.69, 9.17) is 9.84 Å². The molecule has 2 N–H and O–H groups in total. The van der Waals surface area contributed by atoms with Crippen LogP contribution < -0.4 is 9.46 Å². The lowest BCUT2D eigenvalue weighted by molar-refractivity contribution is -0.138. The van der Waals surface area contributed by atoms with Gasteiger partial charge < -0.3 is 14.7 Å². The van der Waals surface area contributed by atoms with Gasteiger partial charge in [-0.3, -0.25) is 9.59 Å². The van der Waals surface area contributed by atoms with E-state index in [0.29, 0.717) is 6.42 Å². The van der Waals surface area contributed by atoms with E-state index in [1.54, 1.807) is 20.8 Å². The number of ether oxygens (including phenoxy) is 1. The fourth-order valence-electron chi connectivity index (χ4n) is 2.35. The molecule has 1 aromatic carbocycles. The Hall–Kier alpha value is -2.13. The first-order valence-corrected chi connectivity index (χ1v) is 9.74. The molecule has 0 aliphatic carbocycles. The highest BCUT2D eigenvalue weighted by atomic mass is 32.2. The van der Waals surface area contributed by atoms with Gasteiger partial charge in [-0.25, -0.2) is 13.1 Å². The topological polar surface area (TPSA) is 113 Å². The lowest BCUT2D eigenvalue weighted by atomic mass is 10.1. The molecule has 8 nitrogen and oxygen atoms in total. The van der Waals surface area contributed by atoms with Gasteiger partial charge in [0.1, 0.15) is 17.2 Å². The molecule has 1 atom stereocenters. The van der Waals surface area contributed by atoms with Crippen LogP contribution >= 0.6 is 0 Å². The number of nitrogens with one attached hydrogen (secondary N) is 1. The van der Waals surface area contributed by atoms with E-state index < -0.39 is 28.4 Å². The van der Waals surface area contributed by atoms with Gasteiger partial charge in [-0.2, -0.15) is 0 Å². The summed E-state index contributed by atoms with van der Waals surface area (Å²) in [6.45, 7) is 6.46. The second-order valence-electron chi connectivity index (χ2n) is 6.23. The lowest BCUT2D eigenvalue weighted by Crippen LogP contribution is -2.42. The molecule has 0 bridgehead atoms. The number of nitrogens with zero attached hydrogens (tertiary/aromatic N) is 1. The monoisotopic (exact) mass is 386 g/mol. The molecule has 0 radical (unpaired) electrons. The smallest absolute Gasteiger partial charge is 0.323 e. The number of methoxy groups -OCH3 is 1. The third kappa shape index (κ3) is 5.43. The standard InChI is InChI=1S/C17H26N2O6S/c1-6-12(4)19(10-16(20)21)17(22)13-7-8-14(25-5)15(9-13)26(23,24)18-11(2)3/h7-9,11-12,18H,6,10H2,1-5H3,(H,20,21). The van der Waals surface area contributed by atoms with Crippen molar-refractivity contribution < 1.29 is 27.9 Å². The highest BCUT2D eigenvalue weighted by Gasteiger charge is 2.26. The van der Waals surface area contributed by atoms with Crippen molar-refractivity contribution in [2.24, 2.45) is 0 Å². The zero-order chi connectivity index (χ0) is 20.1. The lowest BCUT2D eigenvalue weighted by Gasteiger charge is -2.27. The summed E-state index contributed by atoms with van der Waals surface area (Å²) in [7, 11) is -2.56. The Morgan fingerprint density at radius 1 is 1.27 bits per heavy atom. The summed E-state index contributed by atoms with van der Waals surface area (Å²) >= 11 is 0. The molecule has 0 aromatic heterocycles. The van der Waals surface area contributed by atoms with Gasteiger partial charge in [0.05, 0.1) is 7.11 Å². The first-order valence-electron chi connectivity index (χ1n) is 8.26. The molecular weight excluding hydrogens is 360 g/mol. The summed E-state index contributed by atoms with van der Waals surface area (Å²) in [5.74, 6) is -1.59. The summed E-state index contributed by atoms with van der Waals surface area (Å²) < 4.78 is 32.6. The Bertz CT molecular complexity index is 761. The molecule has 0 fully saturated rings. The van der Waals surface area contributed by atoms with Crippen molar-refractivity contribution in [3.05, 3.63) is 23.8 Å². The number of aliphatic carboxylic acids is 1. The first kappa shape index (κ1) is 21.9. The Labute approximate surface area is 154 Å². The van der Waals surface area contributed by atoms with Crippen molar-refractivity contribution in [2.75, 3.05) is 13.7 Å². The van der Waals surface area contributed by atoms with Crippen LogP contribution in [-0.4, -0.2) is 56.0 Å². The van der Waals surface area contributed by atoms with Crippen LogP contribution in [0.2, 0.25) is 0 Å². The van der Waals surface area contributed by atoms with Gasteiger partial charge in [0.25, 0.3) is 5.91 Å². The van der Waals surface area contributed by atoms with Crippen LogP contribution in [0.5, 0.6) is 5.75 Å². The van der Waals surface area contributed by atoms with Crippen molar-refractivity contribution >= 4 is 21.9 Å². The number of carbonyl (C=O) groups is 2. The molecule has 0 aliphatic heterocycles. The van der Waals surface area contributed by atoms with Crippen LogP contribution in [-0.2, 0) is 14.8 Å². The molecule has 146 valence electrons. The maximum atomic E-state index is 12.8. The van der Waals surface area contributed by atoms with Crippen LogP contribution in [0.3, 0.4) is 0 Å². The summed E-state index contributed by atoms with van der Waals surface area (Å²) in [6, 6.07) is 3.37.